The molecule has 1 aromatic rings. The zero-order chi connectivity index (χ0) is 14.0. The first-order valence-electron chi connectivity index (χ1n) is 6.72. The summed E-state index contributed by atoms with van der Waals surface area (Å²) >= 11 is 0. The van der Waals surface area contributed by atoms with Crippen LogP contribution in [0.5, 0.6) is 5.75 Å². The molecular weight excluding hydrogens is 242 g/mol. The van der Waals surface area contributed by atoms with Gasteiger partial charge in [0.1, 0.15) is 11.4 Å². The predicted octanol–water partition coefficient (Wildman–Crippen LogP) is 2.12. The van der Waals surface area contributed by atoms with Gasteiger partial charge in [-0.15, -0.1) is 0 Å². The fraction of sp³-hybridized carbons (Fsp3) is 0.600. The number of pyridine rings is 1. The number of aromatic nitrogens is 1. The lowest BCUT2D eigenvalue weighted by molar-refractivity contribution is -0.136. The van der Waals surface area contributed by atoms with Crippen molar-refractivity contribution in [2.45, 2.75) is 51.6 Å². The van der Waals surface area contributed by atoms with Crippen LogP contribution >= 0.6 is 0 Å². The Kier molecular flexibility index (Phi) is 3.90. The lowest BCUT2D eigenvalue weighted by atomic mass is 9.92. The maximum Gasteiger partial charge on any atom is 0.170 e. The number of Topliss-reactive ketones (excluding diaryl/α,β-unsaturated/α-hetero) is 1. The van der Waals surface area contributed by atoms with Gasteiger partial charge in [-0.05, 0) is 39.5 Å². The van der Waals surface area contributed by atoms with Gasteiger partial charge < -0.3 is 9.84 Å². The molecule has 1 N–H and O–H groups in total. The average molecular weight is 263 g/mol. The Morgan fingerprint density at radius 3 is 2.63 bits per heavy atom. The highest BCUT2D eigenvalue weighted by atomic mass is 16.5. The van der Waals surface area contributed by atoms with Crippen molar-refractivity contribution < 1.29 is 14.6 Å². The molecule has 1 fully saturated rings. The van der Waals surface area contributed by atoms with Crippen molar-refractivity contribution in [3.63, 3.8) is 0 Å². The van der Waals surface area contributed by atoms with Gasteiger partial charge >= 0.3 is 0 Å². The van der Waals surface area contributed by atoms with E-state index in [0.717, 1.165) is 29.7 Å². The fourth-order valence-corrected chi connectivity index (χ4v) is 2.80. The molecule has 1 heterocycles. The van der Waals surface area contributed by atoms with Gasteiger partial charge in [-0.3, -0.25) is 9.78 Å². The van der Waals surface area contributed by atoms with Gasteiger partial charge in [-0.25, -0.2) is 0 Å². The summed E-state index contributed by atoms with van der Waals surface area (Å²) in [5.41, 5.74) is 1.41. The van der Waals surface area contributed by atoms with E-state index in [-0.39, 0.29) is 12.2 Å². The Labute approximate surface area is 113 Å². The minimum Gasteiger partial charge on any atom is -0.496 e. The van der Waals surface area contributed by atoms with Crippen LogP contribution in [-0.2, 0) is 11.2 Å². The molecule has 1 aliphatic rings. The van der Waals surface area contributed by atoms with E-state index < -0.39 is 5.60 Å². The van der Waals surface area contributed by atoms with E-state index in [1.807, 2.05) is 13.8 Å². The van der Waals surface area contributed by atoms with Crippen molar-refractivity contribution >= 4 is 5.78 Å². The highest BCUT2D eigenvalue weighted by Gasteiger charge is 2.38. The number of carbonyl (C=O) groups excluding carboxylic acids is 1. The third kappa shape index (κ3) is 2.63. The minimum absolute atomic E-state index is 0.119. The van der Waals surface area contributed by atoms with Crippen molar-refractivity contribution in [3.05, 3.63) is 23.0 Å². The van der Waals surface area contributed by atoms with Crippen LogP contribution in [0.2, 0.25) is 0 Å². The van der Waals surface area contributed by atoms with Gasteiger partial charge in [0.15, 0.2) is 5.78 Å². The first-order valence-corrected chi connectivity index (χ1v) is 6.72. The van der Waals surface area contributed by atoms with Crippen LogP contribution in [-0.4, -0.2) is 28.6 Å². The molecule has 1 saturated carbocycles. The number of carbonyl (C=O) groups is 1. The zero-order valence-electron chi connectivity index (χ0n) is 11.8. The highest BCUT2D eigenvalue weighted by molar-refractivity contribution is 5.89. The van der Waals surface area contributed by atoms with Crippen molar-refractivity contribution in [3.8, 4) is 5.75 Å². The topological polar surface area (TPSA) is 59.4 Å². The third-order valence-electron chi connectivity index (χ3n) is 4.03. The Hall–Kier alpha value is -1.42. The Morgan fingerprint density at radius 2 is 2.05 bits per heavy atom. The largest absolute Gasteiger partial charge is 0.496 e. The molecule has 4 nitrogen and oxygen atoms in total. The molecule has 0 unspecified atom stereocenters. The summed E-state index contributed by atoms with van der Waals surface area (Å²) in [5.74, 6) is 0.655. The SMILES string of the molecule is COc1c(C)cnc(CC(=O)C2(O)CCCC2)c1C. The summed E-state index contributed by atoms with van der Waals surface area (Å²) in [6, 6.07) is 0. The maximum absolute atomic E-state index is 12.2. The average Bonchev–Trinajstić information content (AvgIpc) is 2.82. The summed E-state index contributed by atoms with van der Waals surface area (Å²) in [6.45, 7) is 3.83. The molecule has 0 radical (unpaired) electrons. The quantitative estimate of drug-likeness (QED) is 0.904. The van der Waals surface area contributed by atoms with Crippen LogP contribution in [0.1, 0.15) is 42.5 Å². The van der Waals surface area contributed by atoms with Crippen molar-refractivity contribution in [1.29, 1.82) is 0 Å². The molecule has 1 aromatic heterocycles. The molecule has 0 saturated heterocycles. The molecule has 0 spiro atoms. The second-order valence-electron chi connectivity index (χ2n) is 5.38. The molecular formula is C15H21NO3. The van der Waals surface area contributed by atoms with E-state index in [4.69, 9.17) is 4.74 Å². The van der Waals surface area contributed by atoms with E-state index in [1.54, 1.807) is 13.3 Å². The number of methoxy groups -OCH3 is 1. The lowest BCUT2D eigenvalue weighted by Gasteiger charge is -2.21. The van der Waals surface area contributed by atoms with Crippen molar-refractivity contribution in [2.75, 3.05) is 7.11 Å². The number of ketones is 1. The van der Waals surface area contributed by atoms with E-state index >= 15 is 0 Å². The lowest BCUT2D eigenvalue weighted by Crippen LogP contribution is -2.36. The van der Waals surface area contributed by atoms with E-state index in [1.165, 1.54) is 0 Å². The molecule has 4 heteroatoms. The van der Waals surface area contributed by atoms with E-state index in [9.17, 15) is 9.90 Å². The van der Waals surface area contributed by atoms with Gasteiger partial charge in [0.05, 0.1) is 19.2 Å². The fourth-order valence-electron chi connectivity index (χ4n) is 2.80. The summed E-state index contributed by atoms with van der Waals surface area (Å²) < 4.78 is 5.33. The second-order valence-corrected chi connectivity index (χ2v) is 5.38. The summed E-state index contributed by atoms with van der Waals surface area (Å²) in [5, 5.41) is 10.3. The molecule has 2 rings (SSSR count). The van der Waals surface area contributed by atoms with Crippen LogP contribution in [0.4, 0.5) is 0 Å². The predicted molar refractivity (Wildman–Crippen MR) is 72.4 cm³/mol. The smallest absolute Gasteiger partial charge is 0.170 e. The number of hydrogen-bond donors (Lipinski definition) is 1. The Balaban J connectivity index is 2.22. The van der Waals surface area contributed by atoms with Crippen molar-refractivity contribution in [1.82, 2.24) is 4.98 Å². The van der Waals surface area contributed by atoms with Gasteiger partial charge in [-0.1, -0.05) is 0 Å². The van der Waals surface area contributed by atoms with E-state index in [2.05, 4.69) is 4.98 Å². The number of ether oxygens (including phenoxy) is 1. The van der Waals surface area contributed by atoms with Gasteiger partial charge in [0.2, 0.25) is 0 Å². The number of nitrogens with zero attached hydrogens (tertiary/aromatic N) is 1. The molecule has 19 heavy (non-hydrogen) atoms. The monoisotopic (exact) mass is 263 g/mol. The van der Waals surface area contributed by atoms with E-state index in [0.29, 0.717) is 18.5 Å². The molecule has 0 aliphatic heterocycles. The van der Waals surface area contributed by atoms with Crippen LogP contribution in [0.15, 0.2) is 6.20 Å². The Morgan fingerprint density at radius 1 is 1.42 bits per heavy atom. The first-order chi connectivity index (χ1) is 8.98. The number of hydrogen-bond acceptors (Lipinski definition) is 4. The maximum atomic E-state index is 12.2. The number of aryl methyl sites for hydroxylation is 1. The van der Waals surface area contributed by atoms with Gasteiger partial charge in [0.25, 0.3) is 0 Å². The standard InChI is InChI=1S/C15H21NO3/c1-10-9-16-12(11(2)14(10)19-3)8-13(17)15(18)6-4-5-7-15/h9,18H,4-8H2,1-3H3. The Bertz CT molecular complexity index is 490. The molecule has 104 valence electrons. The van der Waals surface area contributed by atoms with Crippen LogP contribution in [0.25, 0.3) is 0 Å². The van der Waals surface area contributed by atoms with Gasteiger partial charge in [-0.2, -0.15) is 0 Å². The van der Waals surface area contributed by atoms with Crippen LogP contribution in [0, 0.1) is 13.8 Å². The minimum atomic E-state index is -1.13. The molecule has 0 bridgehead atoms. The number of aliphatic hydroxyl groups is 1. The van der Waals surface area contributed by atoms with Crippen LogP contribution in [0.3, 0.4) is 0 Å². The molecule has 0 atom stereocenters. The summed E-state index contributed by atoms with van der Waals surface area (Å²) in [7, 11) is 1.62. The molecule has 1 aliphatic carbocycles. The van der Waals surface area contributed by atoms with Crippen LogP contribution < -0.4 is 4.74 Å². The molecule has 0 aromatic carbocycles. The third-order valence-corrected chi connectivity index (χ3v) is 4.03. The second kappa shape index (κ2) is 5.29. The zero-order valence-corrected chi connectivity index (χ0v) is 11.8. The first kappa shape index (κ1) is 14.0. The van der Waals surface area contributed by atoms with Gasteiger partial charge in [0, 0.05) is 17.3 Å². The molecule has 0 amide bonds. The normalized spacial score (nSPS) is 17.5. The summed E-state index contributed by atoms with van der Waals surface area (Å²) in [6.07, 6.45) is 4.89. The number of rotatable bonds is 4. The highest BCUT2D eigenvalue weighted by Crippen LogP contribution is 2.32. The van der Waals surface area contributed by atoms with Crippen molar-refractivity contribution in [2.24, 2.45) is 0 Å². The summed E-state index contributed by atoms with van der Waals surface area (Å²) in [4.78, 5) is 16.6.